The third kappa shape index (κ3) is 2.37. The van der Waals surface area contributed by atoms with Crippen LogP contribution in [0.5, 0.6) is 0 Å². The Morgan fingerprint density at radius 1 is 1.38 bits per heavy atom. The highest BCUT2D eigenvalue weighted by molar-refractivity contribution is 7.98. The van der Waals surface area contributed by atoms with Gasteiger partial charge in [0.15, 0.2) is 5.16 Å². The van der Waals surface area contributed by atoms with Gasteiger partial charge in [-0.25, -0.2) is 14.9 Å². The van der Waals surface area contributed by atoms with Crippen LogP contribution in [0.25, 0.3) is 5.65 Å². The fourth-order valence-corrected chi connectivity index (χ4v) is 3.31. The minimum atomic E-state index is -0.106. The van der Waals surface area contributed by atoms with Crippen molar-refractivity contribution in [1.29, 1.82) is 0 Å². The van der Waals surface area contributed by atoms with E-state index in [1.54, 1.807) is 16.3 Å². The molecule has 0 aliphatic heterocycles. The first-order valence-electron chi connectivity index (χ1n) is 6.94. The summed E-state index contributed by atoms with van der Waals surface area (Å²) in [5, 5.41) is 7.41. The zero-order valence-corrected chi connectivity index (χ0v) is 12.4. The molecule has 0 saturated heterocycles. The lowest BCUT2D eigenvalue weighted by atomic mass is 10.3. The van der Waals surface area contributed by atoms with Gasteiger partial charge in [-0.15, -0.1) is 5.10 Å². The molecular formula is C14H15N5OS. The van der Waals surface area contributed by atoms with Gasteiger partial charge < -0.3 is 4.40 Å². The lowest BCUT2D eigenvalue weighted by Crippen LogP contribution is -2.16. The summed E-state index contributed by atoms with van der Waals surface area (Å²) in [5.41, 5.74) is 3.03. The molecule has 1 aliphatic carbocycles. The summed E-state index contributed by atoms with van der Waals surface area (Å²) in [6, 6.07) is 4.40. The van der Waals surface area contributed by atoms with E-state index in [1.165, 1.54) is 5.56 Å². The monoisotopic (exact) mass is 301 g/mol. The van der Waals surface area contributed by atoms with Crippen molar-refractivity contribution in [1.82, 2.24) is 24.1 Å². The van der Waals surface area contributed by atoms with E-state index in [0.29, 0.717) is 11.8 Å². The van der Waals surface area contributed by atoms with Gasteiger partial charge >= 0.3 is 5.69 Å². The molecule has 0 spiro atoms. The minimum absolute atomic E-state index is 0.106. The molecule has 0 amide bonds. The normalized spacial score (nSPS) is 14.9. The Morgan fingerprint density at radius 2 is 2.24 bits per heavy atom. The molecular weight excluding hydrogens is 286 g/mol. The van der Waals surface area contributed by atoms with E-state index in [2.05, 4.69) is 34.4 Å². The molecule has 0 aromatic carbocycles. The molecule has 4 rings (SSSR count). The van der Waals surface area contributed by atoms with Gasteiger partial charge in [-0.1, -0.05) is 17.8 Å². The van der Waals surface area contributed by atoms with Crippen LogP contribution < -0.4 is 5.69 Å². The van der Waals surface area contributed by atoms with Crippen LogP contribution >= 0.6 is 11.8 Å². The molecule has 3 aromatic heterocycles. The third-order valence-electron chi connectivity index (χ3n) is 3.58. The second-order valence-electron chi connectivity index (χ2n) is 5.41. The lowest BCUT2D eigenvalue weighted by Gasteiger charge is -2.01. The number of nitrogens with one attached hydrogen (secondary N) is 1. The Bertz CT molecular complexity index is 858. The fourth-order valence-electron chi connectivity index (χ4n) is 2.41. The largest absolute Gasteiger partial charge is 0.344 e. The number of hydrogen-bond donors (Lipinski definition) is 1. The number of rotatable bonds is 4. The molecule has 108 valence electrons. The van der Waals surface area contributed by atoms with Crippen LogP contribution in [0.15, 0.2) is 34.5 Å². The number of nitrogens with zero attached hydrogens (tertiary/aromatic N) is 4. The van der Waals surface area contributed by atoms with Crippen molar-refractivity contribution in [2.75, 3.05) is 0 Å². The highest BCUT2D eigenvalue weighted by Crippen LogP contribution is 2.36. The molecule has 1 N–H and O–H groups in total. The topological polar surface area (TPSA) is 68.0 Å². The number of pyridine rings is 1. The predicted octanol–water partition coefficient (Wildman–Crippen LogP) is 2.15. The van der Waals surface area contributed by atoms with Crippen LogP contribution in [0.4, 0.5) is 0 Å². The first kappa shape index (κ1) is 12.7. The van der Waals surface area contributed by atoms with E-state index in [4.69, 9.17) is 0 Å². The summed E-state index contributed by atoms with van der Waals surface area (Å²) >= 11 is 1.55. The SMILES string of the molecule is Cc1ccc2nc(CSc3n[nH]c(=O)n3C3CC3)cn2c1. The Balaban J connectivity index is 1.57. The average Bonchev–Trinajstić information content (AvgIpc) is 3.10. The molecule has 3 heterocycles. The minimum Gasteiger partial charge on any atom is -0.307 e. The van der Waals surface area contributed by atoms with Gasteiger partial charge in [0.2, 0.25) is 0 Å². The second kappa shape index (κ2) is 4.77. The van der Waals surface area contributed by atoms with Gasteiger partial charge in [0.1, 0.15) is 5.65 Å². The summed E-state index contributed by atoms with van der Waals surface area (Å²) in [7, 11) is 0. The standard InChI is InChI=1S/C14H15N5OS/c1-9-2-5-12-15-10(7-18(12)6-9)8-21-14-17-16-13(20)19(14)11-3-4-11/h2,5-7,11H,3-4,8H2,1H3,(H,16,20). The van der Waals surface area contributed by atoms with Crippen molar-refractivity contribution in [2.45, 2.75) is 36.7 Å². The summed E-state index contributed by atoms with van der Waals surface area (Å²) in [6.45, 7) is 2.06. The molecule has 0 unspecified atom stereocenters. The molecule has 0 radical (unpaired) electrons. The first-order chi connectivity index (χ1) is 10.2. The zero-order chi connectivity index (χ0) is 14.4. The van der Waals surface area contributed by atoms with Crippen molar-refractivity contribution < 1.29 is 0 Å². The molecule has 1 aliphatic rings. The maximum Gasteiger partial charge on any atom is 0.344 e. The lowest BCUT2D eigenvalue weighted by molar-refractivity contribution is 0.642. The van der Waals surface area contributed by atoms with Crippen molar-refractivity contribution in [3.8, 4) is 0 Å². The molecule has 21 heavy (non-hydrogen) atoms. The predicted molar refractivity (Wildman–Crippen MR) is 80.6 cm³/mol. The van der Waals surface area contributed by atoms with E-state index in [-0.39, 0.29) is 5.69 Å². The number of thioether (sulfide) groups is 1. The Hall–Kier alpha value is -2.02. The maximum absolute atomic E-state index is 11.7. The van der Waals surface area contributed by atoms with Crippen LogP contribution in [0, 0.1) is 6.92 Å². The fraction of sp³-hybridized carbons (Fsp3) is 0.357. The van der Waals surface area contributed by atoms with E-state index in [0.717, 1.165) is 29.3 Å². The Labute approximate surface area is 125 Å². The van der Waals surface area contributed by atoms with Gasteiger partial charge in [-0.2, -0.15) is 0 Å². The number of hydrogen-bond acceptors (Lipinski definition) is 4. The summed E-state index contributed by atoms with van der Waals surface area (Å²) in [4.78, 5) is 16.3. The van der Waals surface area contributed by atoms with Gasteiger partial charge in [0.25, 0.3) is 0 Å². The number of imidazole rings is 1. The highest BCUT2D eigenvalue weighted by atomic mass is 32.2. The number of fused-ring (bicyclic) bond motifs is 1. The van der Waals surface area contributed by atoms with E-state index >= 15 is 0 Å². The van der Waals surface area contributed by atoms with Crippen molar-refractivity contribution in [2.24, 2.45) is 0 Å². The van der Waals surface area contributed by atoms with Crippen LogP contribution in [0.3, 0.4) is 0 Å². The van der Waals surface area contributed by atoms with Gasteiger partial charge in [-0.05, 0) is 31.4 Å². The Morgan fingerprint density at radius 3 is 3.05 bits per heavy atom. The summed E-state index contributed by atoms with van der Waals surface area (Å²) < 4.78 is 3.80. The first-order valence-corrected chi connectivity index (χ1v) is 7.93. The van der Waals surface area contributed by atoms with E-state index in [9.17, 15) is 4.79 Å². The van der Waals surface area contributed by atoms with Gasteiger partial charge in [0, 0.05) is 24.2 Å². The van der Waals surface area contributed by atoms with Crippen LogP contribution in [0.2, 0.25) is 0 Å². The van der Waals surface area contributed by atoms with Gasteiger partial charge in [0.05, 0.1) is 5.69 Å². The molecule has 0 atom stereocenters. The summed E-state index contributed by atoms with van der Waals surface area (Å²) in [6.07, 6.45) is 6.23. The molecule has 7 heteroatoms. The van der Waals surface area contributed by atoms with Crippen LogP contribution in [0.1, 0.15) is 30.1 Å². The smallest absolute Gasteiger partial charge is 0.307 e. The number of H-pyrrole nitrogens is 1. The van der Waals surface area contributed by atoms with Crippen molar-refractivity contribution in [3.63, 3.8) is 0 Å². The molecule has 6 nitrogen and oxygen atoms in total. The molecule has 0 bridgehead atoms. The van der Waals surface area contributed by atoms with Gasteiger partial charge in [-0.3, -0.25) is 4.57 Å². The Kier molecular flexibility index (Phi) is 2.88. The number of aromatic amines is 1. The summed E-state index contributed by atoms with van der Waals surface area (Å²) in [5.74, 6) is 0.706. The molecule has 3 aromatic rings. The molecule has 1 fully saturated rings. The van der Waals surface area contributed by atoms with E-state index < -0.39 is 0 Å². The van der Waals surface area contributed by atoms with E-state index in [1.807, 2.05) is 16.7 Å². The number of aromatic nitrogens is 5. The molecule has 1 saturated carbocycles. The highest BCUT2D eigenvalue weighted by Gasteiger charge is 2.28. The van der Waals surface area contributed by atoms with Crippen LogP contribution in [-0.2, 0) is 5.75 Å². The quantitative estimate of drug-likeness (QED) is 0.750. The maximum atomic E-state index is 11.7. The van der Waals surface area contributed by atoms with Crippen LogP contribution in [-0.4, -0.2) is 24.1 Å². The third-order valence-corrected chi connectivity index (χ3v) is 4.57. The second-order valence-corrected chi connectivity index (χ2v) is 6.35. The van der Waals surface area contributed by atoms with Crippen molar-refractivity contribution in [3.05, 3.63) is 46.3 Å². The number of aryl methyl sites for hydroxylation is 1. The van der Waals surface area contributed by atoms with Crippen molar-refractivity contribution >= 4 is 17.4 Å². The average molecular weight is 301 g/mol. The zero-order valence-electron chi connectivity index (χ0n) is 11.6.